The molecule has 0 aromatic rings. The lowest BCUT2D eigenvalue weighted by molar-refractivity contribution is 0.481. The lowest BCUT2D eigenvalue weighted by Gasteiger charge is -2.13. The van der Waals surface area contributed by atoms with Crippen LogP contribution in [0.1, 0.15) is 117 Å². The molecule has 1 radical (unpaired) electrons. The Morgan fingerprint density at radius 2 is 1.10 bits per heavy atom. The molecule has 0 nitrogen and oxygen atoms in total. The van der Waals surface area contributed by atoms with Crippen LogP contribution < -0.4 is 0 Å². The maximum Gasteiger partial charge on any atom is -0.0355 e. The predicted molar refractivity (Wildman–Crippen MR) is 94.1 cm³/mol. The third-order valence-electron chi connectivity index (χ3n) is 4.51. The Morgan fingerprint density at radius 3 is 1.60 bits per heavy atom. The van der Waals surface area contributed by atoms with Crippen LogP contribution in [0.3, 0.4) is 0 Å². The Kier molecular flexibility index (Phi) is 17.1. The summed E-state index contributed by atoms with van der Waals surface area (Å²) in [5, 5.41) is 0. The maximum absolute atomic E-state index is 2.61. The Hall–Kier alpha value is 0. The van der Waals surface area contributed by atoms with Crippen LogP contribution in [0.15, 0.2) is 0 Å². The fourth-order valence-electron chi connectivity index (χ4n) is 2.94. The summed E-state index contributed by atoms with van der Waals surface area (Å²) < 4.78 is 0. The molecule has 1 unspecified atom stereocenters. The van der Waals surface area contributed by atoms with Gasteiger partial charge >= 0.3 is 0 Å². The topological polar surface area (TPSA) is 0 Å². The van der Waals surface area contributed by atoms with Crippen LogP contribution in [-0.4, -0.2) is 0 Å². The fourth-order valence-corrected chi connectivity index (χ4v) is 2.94. The van der Waals surface area contributed by atoms with E-state index in [1.54, 1.807) is 0 Å². The van der Waals surface area contributed by atoms with E-state index in [1.165, 1.54) is 96.3 Å². The molecule has 0 heteroatoms. The molecule has 0 aromatic heterocycles. The van der Waals surface area contributed by atoms with E-state index in [9.17, 15) is 0 Å². The second kappa shape index (κ2) is 17.1. The molecule has 0 aliphatic heterocycles. The highest BCUT2D eigenvalue weighted by molar-refractivity contribution is 4.75. The molecule has 0 aliphatic rings. The van der Waals surface area contributed by atoms with Gasteiger partial charge in [-0.2, -0.15) is 0 Å². The summed E-state index contributed by atoms with van der Waals surface area (Å²) in [6, 6.07) is 0. The van der Waals surface area contributed by atoms with E-state index in [2.05, 4.69) is 27.2 Å². The molecule has 0 aromatic carbocycles. The van der Waals surface area contributed by atoms with Crippen molar-refractivity contribution >= 4 is 0 Å². The molecule has 20 heavy (non-hydrogen) atoms. The molecule has 0 saturated heterocycles. The van der Waals surface area contributed by atoms with E-state index < -0.39 is 0 Å². The maximum atomic E-state index is 2.61. The first-order chi connectivity index (χ1) is 9.85. The van der Waals surface area contributed by atoms with Gasteiger partial charge in [-0.15, -0.1) is 0 Å². The van der Waals surface area contributed by atoms with Gasteiger partial charge in [-0.25, -0.2) is 0 Å². The molecule has 0 rings (SSSR count). The van der Waals surface area contributed by atoms with Gasteiger partial charge in [0.05, 0.1) is 0 Å². The van der Waals surface area contributed by atoms with Gasteiger partial charge < -0.3 is 0 Å². The first-order valence-corrected chi connectivity index (χ1v) is 9.68. The van der Waals surface area contributed by atoms with E-state index in [0.717, 1.165) is 5.92 Å². The fraction of sp³-hybridized carbons (Fsp3) is 0.950. The number of hydrogen-bond acceptors (Lipinski definition) is 0. The molecule has 0 N–H and O–H groups in total. The summed E-state index contributed by atoms with van der Waals surface area (Å²) in [5.41, 5.74) is 0. The van der Waals surface area contributed by atoms with E-state index in [4.69, 9.17) is 0 Å². The Bertz CT molecular complexity index is 161. The monoisotopic (exact) mass is 281 g/mol. The van der Waals surface area contributed by atoms with E-state index in [1.807, 2.05) is 0 Å². The summed E-state index contributed by atoms with van der Waals surface area (Å²) in [7, 11) is 0. The van der Waals surface area contributed by atoms with Crippen molar-refractivity contribution < 1.29 is 0 Å². The summed E-state index contributed by atoms with van der Waals surface area (Å²) in [6.07, 6.45) is 24.0. The van der Waals surface area contributed by atoms with E-state index in [-0.39, 0.29) is 0 Å². The van der Waals surface area contributed by atoms with E-state index in [0.29, 0.717) is 0 Å². The quantitative estimate of drug-likeness (QED) is 0.254. The zero-order chi connectivity index (χ0) is 14.9. The zero-order valence-corrected chi connectivity index (χ0v) is 14.8. The van der Waals surface area contributed by atoms with Crippen molar-refractivity contribution in [3.8, 4) is 0 Å². The van der Waals surface area contributed by atoms with Crippen LogP contribution >= 0.6 is 0 Å². The number of rotatable bonds is 16. The summed E-state index contributed by atoms with van der Waals surface area (Å²) in [6.45, 7) is 6.94. The van der Waals surface area contributed by atoms with Gasteiger partial charge in [-0.3, -0.25) is 0 Å². The SMILES string of the molecule is CCCCCCCCCCCC[CH]C(CC)CCCC. The van der Waals surface area contributed by atoms with Crippen molar-refractivity contribution in [2.24, 2.45) is 5.92 Å². The largest absolute Gasteiger partial charge is 0.0654 e. The van der Waals surface area contributed by atoms with Crippen LogP contribution in [0.4, 0.5) is 0 Å². The van der Waals surface area contributed by atoms with Gasteiger partial charge in [-0.1, -0.05) is 111 Å². The second-order valence-corrected chi connectivity index (χ2v) is 6.52. The molecule has 0 saturated carbocycles. The van der Waals surface area contributed by atoms with Crippen LogP contribution in [0.5, 0.6) is 0 Å². The molecular formula is C20H41. The molecular weight excluding hydrogens is 240 g/mol. The van der Waals surface area contributed by atoms with Gasteiger partial charge in [-0.05, 0) is 18.8 Å². The highest BCUT2D eigenvalue weighted by atomic mass is 14.1. The summed E-state index contributed by atoms with van der Waals surface area (Å²) in [5.74, 6) is 0.897. The molecule has 0 amide bonds. The van der Waals surface area contributed by atoms with Crippen molar-refractivity contribution in [2.45, 2.75) is 117 Å². The molecule has 0 bridgehead atoms. The van der Waals surface area contributed by atoms with Gasteiger partial charge in [0.15, 0.2) is 0 Å². The van der Waals surface area contributed by atoms with Crippen LogP contribution in [0, 0.1) is 12.3 Å². The lowest BCUT2D eigenvalue weighted by atomic mass is 9.93. The molecule has 121 valence electrons. The van der Waals surface area contributed by atoms with Gasteiger partial charge in [0, 0.05) is 0 Å². The van der Waals surface area contributed by atoms with Crippen molar-refractivity contribution in [3.63, 3.8) is 0 Å². The first-order valence-electron chi connectivity index (χ1n) is 9.68. The van der Waals surface area contributed by atoms with Crippen molar-refractivity contribution in [3.05, 3.63) is 6.42 Å². The van der Waals surface area contributed by atoms with E-state index >= 15 is 0 Å². The molecule has 0 aliphatic carbocycles. The van der Waals surface area contributed by atoms with Crippen molar-refractivity contribution in [2.75, 3.05) is 0 Å². The minimum atomic E-state index is 0.897. The third kappa shape index (κ3) is 14.4. The van der Waals surface area contributed by atoms with Crippen molar-refractivity contribution in [1.29, 1.82) is 0 Å². The van der Waals surface area contributed by atoms with Gasteiger partial charge in [0.25, 0.3) is 0 Å². The number of hydrogen-bond donors (Lipinski definition) is 0. The highest BCUT2D eigenvalue weighted by Gasteiger charge is 2.05. The second-order valence-electron chi connectivity index (χ2n) is 6.52. The minimum Gasteiger partial charge on any atom is -0.0654 e. The summed E-state index contributed by atoms with van der Waals surface area (Å²) in [4.78, 5) is 0. The van der Waals surface area contributed by atoms with Crippen LogP contribution in [0.25, 0.3) is 0 Å². The average Bonchev–Trinajstić information content (AvgIpc) is 2.48. The standard InChI is InChI=1S/C20H41/c1-4-7-9-10-11-12-13-14-15-16-17-19-20(6-3)18-8-5-2/h19-20H,4-18H2,1-3H3. The molecule has 0 spiro atoms. The van der Waals surface area contributed by atoms with Crippen molar-refractivity contribution in [1.82, 2.24) is 0 Å². The number of unbranched alkanes of at least 4 members (excludes halogenated alkanes) is 11. The first kappa shape index (κ1) is 20.0. The lowest BCUT2D eigenvalue weighted by Crippen LogP contribution is -1.99. The molecule has 0 heterocycles. The average molecular weight is 282 g/mol. The van der Waals surface area contributed by atoms with Gasteiger partial charge in [0.1, 0.15) is 0 Å². The Balaban J connectivity index is 3.15. The minimum absolute atomic E-state index is 0.897. The van der Waals surface area contributed by atoms with Crippen LogP contribution in [0.2, 0.25) is 0 Å². The normalized spacial score (nSPS) is 12.8. The predicted octanol–water partition coefficient (Wildman–Crippen LogP) is 7.72. The molecule has 0 fully saturated rings. The zero-order valence-electron chi connectivity index (χ0n) is 14.8. The van der Waals surface area contributed by atoms with Gasteiger partial charge in [0.2, 0.25) is 0 Å². The smallest absolute Gasteiger partial charge is 0.0355 e. The summed E-state index contributed by atoms with van der Waals surface area (Å²) >= 11 is 0. The Morgan fingerprint density at radius 1 is 0.600 bits per heavy atom. The third-order valence-corrected chi connectivity index (χ3v) is 4.51. The highest BCUT2D eigenvalue weighted by Crippen LogP contribution is 2.19. The molecule has 1 atom stereocenters. The Labute approximate surface area is 130 Å². The van der Waals surface area contributed by atoms with Crippen LogP contribution in [-0.2, 0) is 0 Å².